The maximum absolute atomic E-state index is 12.7. The van der Waals surface area contributed by atoms with Crippen molar-refractivity contribution in [2.24, 2.45) is 7.05 Å². The number of imidazole rings is 1. The van der Waals surface area contributed by atoms with Crippen molar-refractivity contribution in [3.8, 4) is 0 Å². The van der Waals surface area contributed by atoms with Crippen LogP contribution in [0.25, 0.3) is 11.0 Å². The average molecular weight is 460 g/mol. The van der Waals surface area contributed by atoms with E-state index in [1.807, 2.05) is 41.3 Å². The van der Waals surface area contributed by atoms with E-state index in [2.05, 4.69) is 51.2 Å². The number of aryl methyl sites for hydroxylation is 1. The summed E-state index contributed by atoms with van der Waals surface area (Å²) in [5.74, 6) is 1.21. The number of piperazine rings is 1. The second-order valence-corrected chi connectivity index (χ2v) is 7.79. The lowest BCUT2D eigenvalue weighted by Crippen LogP contribution is -2.48. The molecule has 5 nitrogen and oxygen atoms in total. The molecule has 1 amide bonds. The van der Waals surface area contributed by atoms with Crippen molar-refractivity contribution in [3.63, 3.8) is 0 Å². The summed E-state index contributed by atoms with van der Waals surface area (Å²) in [6.07, 6.45) is 0. The Bertz CT molecular complexity index is 944. The Morgan fingerprint density at radius 3 is 2.46 bits per heavy atom. The van der Waals surface area contributed by atoms with Gasteiger partial charge in [-0.25, -0.2) is 4.98 Å². The number of fused-ring (bicyclic) bond motifs is 1. The number of halogens is 1. The van der Waals surface area contributed by atoms with Crippen molar-refractivity contribution in [2.45, 2.75) is 6.54 Å². The first-order chi connectivity index (χ1) is 12.6. The van der Waals surface area contributed by atoms with Crippen LogP contribution in [0, 0.1) is 3.57 Å². The van der Waals surface area contributed by atoms with E-state index < -0.39 is 0 Å². The molecular formula is C20H21IN4O. The molecule has 3 aromatic rings. The highest BCUT2D eigenvalue weighted by Gasteiger charge is 2.24. The Hall–Kier alpha value is -1.93. The molecule has 1 fully saturated rings. The Kier molecular flexibility index (Phi) is 4.95. The summed E-state index contributed by atoms with van der Waals surface area (Å²) in [6.45, 7) is 4.08. The Labute approximate surface area is 166 Å². The topological polar surface area (TPSA) is 41.4 Å². The van der Waals surface area contributed by atoms with E-state index >= 15 is 0 Å². The molecule has 0 N–H and O–H groups in total. The van der Waals surface area contributed by atoms with Crippen LogP contribution in [0.5, 0.6) is 0 Å². The average Bonchev–Trinajstić information content (AvgIpc) is 2.98. The van der Waals surface area contributed by atoms with Gasteiger partial charge in [0.15, 0.2) is 0 Å². The molecule has 134 valence electrons. The van der Waals surface area contributed by atoms with E-state index in [-0.39, 0.29) is 5.91 Å². The fraction of sp³-hybridized carbons (Fsp3) is 0.300. The molecule has 0 saturated carbocycles. The van der Waals surface area contributed by atoms with Crippen LogP contribution < -0.4 is 0 Å². The molecule has 6 heteroatoms. The zero-order valence-electron chi connectivity index (χ0n) is 14.7. The molecule has 1 aliphatic heterocycles. The minimum absolute atomic E-state index is 0.136. The van der Waals surface area contributed by atoms with E-state index in [1.54, 1.807) is 0 Å². The molecule has 26 heavy (non-hydrogen) atoms. The lowest BCUT2D eigenvalue weighted by atomic mass is 10.2. The van der Waals surface area contributed by atoms with Crippen molar-refractivity contribution in [2.75, 3.05) is 26.2 Å². The van der Waals surface area contributed by atoms with Crippen molar-refractivity contribution in [3.05, 3.63) is 63.5 Å². The second kappa shape index (κ2) is 7.36. The van der Waals surface area contributed by atoms with Crippen LogP contribution in [0.2, 0.25) is 0 Å². The number of para-hydroxylation sites is 2. The lowest BCUT2D eigenvalue weighted by molar-refractivity contribution is 0.0623. The van der Waals surface area contributed by atoms with Crippen LogP contribution in [0.4, 0.5) is 0 Å². The van der Waals surface area contributed by atoms with Gasteiger partial charge in [-0.1, -0.05) is 24.3 Å². The van der Waals surface area contributed by atoms with Gasteiger partial charge in [0.1, 0.15) is 5.82 Å². The first kappa shape index (κ1) is 17.5. The fourth-order valence-corrected chi connectivity index (χ4v) is 4.07. The number of rotatable bonds is 3. The van der Waals surface area contributed by atoms with Gasteiger partial charge in [-0.05, 0) is 46.9 Å². The molecule has 4 rings (SSSR count). The third kappa shape index (κ3) is 3.35. The molecule has 1 aliphatic rings. The smallest absolute Gasteiger partial charge is 0.255 e. The second-order valence-electron chi connectivity index (χ2n) is 6.62. The minimum Gasteiger partial charge on any atom is -0.336 e. The molecule has 0 aliphatic carbocycles. The summed E-state index contributed by atoms with van der Waals surface area (Å²) in [5, 5.41) is 0. The summed E-state index contributed by atoms with van der Waals surface area (Å²) >= 11 is 2.23. The first-order valence-electron chi connectivity index (χ1n) is 8.80. The van der Waals surface area contributed by atoms with Gasteiger partial charge in [0, 0.05) is 36.8 Å². The van der Waals surface area contributed by atoms with Crippen LogP contribution in [0.3, 0.4) is 0 Å². The molecule has 0 unspecified atom stereocenters. The predicted octanol–water partition coefficient (Wildman–Crippen LogP) is 3.14. The summed E-state index contributed by atoms with van der Waals surface area (Å²) in [4.78, 5) is 21.8. The third-order valence-corrected chi connectivity index (χ3v) is 5.95. The van der Waals surface area contributed by atoms with Gasteiger partial charge in [-0.3, -0.25) is 9.69 Å². The Morgan fingerprint density at radius 1 is 1.04 bits per heavy atom. The Morgan fingerprint density at radius 2 is 1.73 bits per heavy atom. The molecule has 0 atom stereocenters. The highest BCUT2D eigenvalue weighted by Crippen LogP contribution is 2.18. The van der Waals surface area contributed by atoms with Crippen LogP contribution in [0.1, 0.15) is 16.2 Å². The SMILES string of the molecule is Cn1c(CN2CCN(C(=O)c3ccccc3I)CC2)nc2ccccc21. The van der Waals surface area contributed by atoms with Crippen LogP contribution in [0.15, 0.2) is 48.5 Å². The molecule has 1 saturated heterocycles. The summed E-state index contributed by atoms with van der Waals surface area (Å²) in [5.41, 5.74) is 3.00. The predicted molar refractivity (Wildman–Crippen MR) is 111 cm³/mol. The number of aromatic nitrogens is 2. The summed E-state index contributed by atoms with van der Waals surface area (Å²) in [6, 6.07) is 16.0. The van der Waals surface area contributed by atoms with Crippen LogP contribution in [-0.2, 0) is 13.6 Å². The zero-order valence-corrected chi connectivity index (χ0v) is 16.9. The van der Waals surface area contributed by atoms with E-state index in [4.69, 9.17) is 4.98 Å². The van der Waals surface area contributed by atoms with Gasteiger partial charge in [-0.15, -0.1) is 0 Å². The van der Waals surface area contributed by atoms with Crippen molar-refractivity contribution in [1.29, 1.82) is 0 Å². The van der Waals surface area contributed by atoms with Crippen LogP contribution >= 0.6 is 22.6 Å². The maximum atomic E-state index is 12.7. The zero-order chi connectivity index (χ0) is 18.1. The molecule has 0 bridgehead atoms. The van der Waals surface area contributed by atoms with E-state index in [0.29, 0.717) is 0 Å². The van der Waals surface area contributed by atoms with Gasteiger partial charge in [0.05, 0.1) is 23.1 Å². The Balaban J connectivity index is 1.41. The van der Waals surface area contributed by atoms with Crippen molar-refractivity contribution in [1.82, 2.24) is 19.4 Å². The van der Waals surface area contributed by atoms with Gasteiger partial charge < -0.3 is 9.47 Å². The quantitative estimate of drug-likeness (QED) is 0.565. The molecule has 2 heterocycles. The minimum atomic E-state index is 0.136. The largest absolute Gasteiger partial charge is 0.336 e. The van der Waals surface area contributed by atoms with Gasteiger partial charge in [0.25, 0.3) is 5.91 Å². The standard InChI is InChI=1S/C20H21IN4O/c1-23-18-9-5-4-8-17(18)22-19(23)14-24-10-12-25(13-11-24)20(26)15-6-2-3-7-16(15)21/h2-9H,10-14H2,1H3. The van der Waals surface area contributed by atoms with E-state index in [9.17, 15) is 4.79 Å². The van der Waals surface area contributed by atoms with Gasteiger partial charge in [0.2, 0.25) is 0 Å². The van der Waals surface area contributed by atoms with E-state index in [1.165, 1.54) is 0 Å². The summed E-state index contributed by atoms with van der Waals surface area (Å²) in [7, 11) is 2.07. The molecular weight excluding hydrogens is 439 g/mol. The number of nitrogens with zero attached hydrogens (tertiary/aromatic N) is 4. The van der Waals surface area contributed by atoms with Crippen LogP contribution in [-0.4, -0.2) is 51.4 Å². The lowest BCUT2D eigenvalue weighted by Gasteiger charge is -2.34. The number of benzene rings is 2. The maximum Gasteiger partial charge on any atom is 0.255 e. The normalized spacial score (nSPS) is 15.5. The number of amides is 1. The first-order valence-corrected chi connectivity index (χ1v) is 9.88. The number of carbonyl (C=O) groups excluding carboxylic acids is 1. The van der Waals surface area contributed by atoms with Gasteiger partial charge in [-0.2, -0.15) is 0 Å². The molecule has 0 radical (unpaired) electrons. The molecule has 1 aromatic heterocycles. The molecule has 2 aromatic carbocycles. The van der Waals surface area contributed by atoms with Gasteiger partial charge >= 0.3 is 0 Å². The van der Waals surface area contributed by atoms with E-state index in [0.717, 1.165) is 58.7 Å². The summed E-state index contributed by atoms with van der Waals surface area (Å²) < 4.78 is 3.18. The molecule has 0 spiro atoms. The fourth-order valence-electron chi connectivity index (χ4n) is 3.45. The van der Waals surface area contributed by atoms with Crippen molar-refractivity contribution < 1.29 is 4.79 Å². The number of carbonyl (C=O) groups is 1. The highest BCUT2D eigenvalue weighted by atomic mass is 127. The highest BCUT2D eigenvalue weighted by molar-refractivity contribution is 14.1. The third-order valence-electron chi connectivity index (χ3n) is 5.01. The number of hydrogen-bond acceptors (Lipinski definition) is 3. The van der Waals surface area contributed by atoms with Crippen molar-refractivity contribution >= 4 is 39.5 Å². The number of hydrogen-bond donors (Lipinski definition) is 0. The monoisotopic (exact) mass is 460 g/mol.